The minimum atomic E-state index is -0.550. The molecule has 0 saturated carbocycles. The minimum absolute atomic E-state index is 0.149. The van der Waals surface area contributed by atoms with Gasteiger partial charge in [0.1, 0.15) is 18.3 Å². The van der Waals surface area contributed by atoms with E-state index in [4.69, 9.17) is 11.6 Å². The largest absolute Gasteiger partial charge is 0.362 e. The van der Waals surface area contributed by atoms with E-state index in [0.29, 0.717) is 18.2 Å². The van der Waals surface area contributed by atoms with Crippen molar-refractivity contribution in [2.75, 3.05) is 5.32 Å². The van der Waals surface area contributed by atoms with Crippen LogP contribution in [0.25, 0.3) is 0 Å². The van der Waals surface area contributed by atoms with Gasteiger partial charge in [-0.2, -0.15) is 0 Å². The summed E-state index contributed by atoms with van der Waals surface area (Å²) in [5, 5.41) is 21.2. The normalized spacial score (nSPS) is 10.3. The Balaban J connectivity index is 2.11. The van der Waals surface area contributed by atoms with Crippen LogP contribution in [-0.4, -0.2) is 24.7 Å². The van der Waals surface area contributed by atoms with Gasteiger partial charge in [-0.1, -0.05) is 11.6 Å². The van der Waals surface area contributed by atoms with E-state index in [1.54, 1.807) is 10.9 Å². The predicted molar refractivity (Wildman–Crippen MR) is 64.2 cm³/mol. The number of nitrogens with one attached hydrogen (secondary N) is 1. The Morgan fingerprint density at radius 2 is 2.39 bits per heavy atom. The number of nitrogens with zero attached hydrogens (tertiary/aromatic N) is 5. The molecule has 18 heavy (non-hydrogen) atoms. The summed E-state index contributed by atoms with van der Waals surface area (Å²) in [4.78, 5) is 13.9. The second kappa shape index (κ2) is 4.96. The van der Waals surface area contributed by atoms with E-state index in [2.05, 4.69) is 20.5 Å². The molecule has 8 nitrogen and oxygen atoms in total. The van der Waals surface area contributed by atoms with Crippen LogP contribution in [0.1, 0.15) is 5.82 Å². The van der Waals surface area contributed by atoms with Gasteiger partial charge in [0.25, 0.3) is 5.69 Å². The number of halogens is 1. The Bertz CT molecular complexity index is 584. The van der Waals surface area contributed by atoms with Gasteiger partial charge in [-0.05, 0) is 0 Å². The van der Waals surface area contributed by atoms with Crippen molar-refractivity contribution in [3.05, 3.63) is 39.6 Å². The van der Waals surface area contributed by atoms with E-state index < -0.39 is 4.92 Å². The summed E-state index contributed by atoms with van der Waals surface area (Å²) < 4.78 is 1.74. The molecule has 0 fully saturated rings. The first-order valence-corrected chi connectivity index (χ1v) is 5.32. The lowest BCUT2D eigenvalue weighted by Gasteiger charge is -2.06. The predicted octanol–water partition coefficient (Wildman–Crippen LogP) is 1.38. The average Bonchev–Trinajstić information content (AvgIpc) is 2.73. The molecule has 2 aromatic rings. The zero-order valence-electron chi connectivity index (χ0n) is 9.37. The second-order valence-electron chi connectivity index (χ2n) is 3.49. The first-order chi connectivity index (χ1) is 8.58. The van der Waals surface area contributed by atoms with Gasteiger partial charge >= 0.3 is 0 Å². The highest BCUT2D eigenvalue weighted by molar-refractivity contribution is 6.33. The van der Waals surface area contributed by atoms with Crippen LogP contribution >= 0.6 is 11.6 Å². The monoisotopic (exact) mass is 268 g/mol. The van der Waals surface area contributed by atoms with Crippen molar-refractivity contribution in [2.24, 2.45) is 7.05 Å². The fourth-order valence-corrected chi connectivity index (χ4v) is 1.52. The molecule has 0 atom stereocenters. The fraction of sp³-hybridized carbons (Fsp3) is 0.222. The molecule has 1 N–H and O–H groups in total. The fourth-order valence-electron chi connectivity index (χ4n) is 1.29. The van der Waals surface area contributed by atoms with Gasteiger partial charge in [0, 0.05) is 13.1 Å². The van der Waals surface area contributed by atoms with Crippen LogP contribution in [0.4, 0.5) is 11.5 Å². The highest BCUT2D eigenvalue weighted by atomic mass is 35.5. The van der Waals surface area contributed by atoms with Crippen molar-refractivity contribution >= 4 is 23.1 Å². The zero-order chi connectivity index (χ0) is 13.1. The molecule has 0 aliphatic carbocycles. The number of aromatic nitrogens is 4. The summed E-state index contributed by atoms with van der Waals surface area (Å²) >= 11 is 5.88. The second-order valence-corrected chi connectivity index (χ2v) is 3.90. The van der Waals surface area contributed by atoms with Crippen LogP contribution in [0.5, 0.6) is 0 Å². The number of hydrogen-bond donors (Lipinski definition) is 1. The number of hydrogen-bond acceptors (Lipinski definition) is 6. The van der Waals surface area contributed by atoms with Crippen LogP contribution in [0, 0.1) is 10.1 Å². The molecule has 2 rings (SSSR count). The standard InChI is InChI=1S/C9H9ClN6O2/c1-15-5-13-14-8(15)4-12-9-7(10)2-6(3-11-9)16(17)18/h2-3,5H,4H2,1H3,(H,11,12). The molecule has 0 radical (unpaired) electrons. The molecule has 0 amide bonds. The summed E-state index contributed by atoms with van der Waals surface area (Å²) in [5.41, 5.74) is -0.149. The molecule has 0 saturated heterocycles. The van der Waals surface area contributed by atoms with Crippen molar-refractivity contribution in [1.82, 2.24) is 19.7 Å². The van der Waals surface area contributed by atoms with E-state index >= 15 is 0 Å². The number of pyridine rings is 1. The van der Waals surface area contributed by atoms with Crippen molar-refractivity contribution in [1.29, 1.82) is 0 Å². The Morgan fingerprint density at radius 3 is 2.94 bits per heavy atom. The third-order valence-electron chi connectivity index (χ3n) is 2.26. The first-order valence-electron chi connectivity index (χ1n) is 4.94. The molecule has 2 heterocycles. The third kappa shape index (κ3) is 2.54. The SMILES string of the molecule is Cn1cnnc1CNc1ncc([N+](=O)[O-])cc1Cl. The maximum atomic E-state index is 10.5. The molecule has 0 aliphatic rings. The van der Waals surface area contributed by atoms with Crippen LogP contribution in [-0.2, 0) is 13.6 Å². The molecule has 9 heteroatoms. The van der Waals surface area contributed by atoms with Gasteiger partial charge in [0.2, 0.25) is 0 Å². The number of rotatable bonds is 4. The molecule has 0 unspecified atom stereocenters. The topological polar surface area (TPSA) is 98.8 Å². The molecule has 0 bridgehead atoms. The van der Waals surface area contributed by atoms with Gasteiger partial charge in [-0.15, -0.1) is 10.2 Å². The van der Waals surface area contributed by atoms with Crippen molar-refractivity contribution in [3.8, 4) is 0 Å². The van der Waals surface area contributed by atoms with Gasteiger partial charge in [-0.25, -0.2) is 4.98 Å². The van der Waals surface area contributed by atoms with E-state index in [1.807, 2.05) is 7.05 Å². The van der Waals surface area contributed by atoms with Crippen LogP contribution in [0.3, 0.4) is 0 Å². The first kappa shape index (κ1) is 12.2. The Kier molecular flexibility index (Phi) is 3.38. The summed E-state index contributed by atoms with van der Waals surface area (Å²) in [6, 6.07) is 1.24. The zero-order valence-corrected chi connectivity index (χ0v) is 10.1. The average molecular weight is 269 g/mol. The molecular formula is C9H9ClN6O2. The molecular weight excluding hydrogens is 260 g/mol. The summed E-state index contributed by atoms with van der Waals surface area (Å²) in [5.74, 6) is 1.07. The Labute approximate surface area is 107 Å². The minimum Gasteiger partial charge on any atom is -0.362 e. The lowest BCUT2D eigenvalue weighted by Crippen LogP contribution is -2.07. The number of anilines is 1. The Hall–Kier alpha value is -2.22. The van der Waals surface area contributed by atoms with Crippen molar-refractivity contribution in [2.45, 2.75) is 6.54 Å². The smallest absolute Gasteiger partial charge is 0.289 e. The van der Waals surface area contributed by atoms with Gasteiger partial charge < -0.3 is 9.88 Å². The number of nitro groups is 1. The lowest BCUT2D eigenvalue weighted by molar-refractivity contribution is -0.385. The highest BCUT2D eigenvalue weighted by Crippen LogP contribution is 2.23. The molecule has 2 aromatic heterocycles. The van der Waals surface area contributed by atoms with Crippen molar-refractivity contribution in [3.63, 3.8) is 0 Å². The number of aryl methyl sites for hydroxylation is 1. The molecule has 94 valence electrons. The van der Waals surface area contributed by atoms with E-state index in [1.165, 1.54) is 6.07 Å². The maximum absolute atomic E-state index is 10.5. The van der Waals surface area contributed by atoms with E-state index in [0.717, 1.165) is 6.20 Å². The Morgan fingerprint density at radius 1 is 1.61 bits per heavy atom. The van der Waals surface area contributed by atoms with E-state index in [9.17, 15) is 10.1 Å². The van der Waals surface area contributed by atoms with Crippen LogP contribution in [0.15, 0.2) is 18.6 Å². The summed E-state index contributed by atoms with van der Waals surface area (Å²) in [6.07, 6.45) is 2.72. The van der Waals surface area contributed by atoms with Crippen molar-refractivity contribution < 1.29 is 4.92 Å². The molecule has 0 aliphatic heterocycles. The van der Waals surface area contributed by atoms with Gasteiger partial charge in [-0.3, -0.25) is 10.1 Å². The molecule has 0 spiro atoms. The summed E-state index contributed by atoms with van der Waals surface area (Å²) in [7, 11) is 1.81. The third-order valence-corrected chi connectivity index (χ3v) is 2.54. The highest BCUT2D eigenvalue weighted by Gasteiger charge is 2.11. The molecule has 0 aromatic carbocycles. The van der Waals surface area contributed by atoms with Crippen LogP contribution < -0.4 is 5.32 Å². The van der Waals surface area contributed by atoms with Crippen LogP contribution in [0.2, 0.25) is 5.02 Å². The lowest BCUT2D eigenvalue weighted by atomic mass is 10.4. The quantitative estimate of drug-likeness (QED) is 0.664. The van der Waals surface area contributed by atoms with Gasteiger partial charge in [0.15, 0.2) is 5.82 Å². The van der Waals surface area contributed by atoms with Gasteiger partial charge in [0.05, 0.1) is 16.5 Å². The summed E-state index contributed by atoms with van der Waals surface area (Å²) in [6.45, 7) is 0.376. The van der Waals surface area contributed by atoms with E-state index in [-0.39, 0.29) is 10.7 Å². The maximum Gasteiger partial charge on any atom is 0.289 e.